The summed E-state index contributed by atoms with van der Waals surface area (Å²) in [4.78, 5) is 16.1. The van der Waals surface area contributed by atoms with Crippen LogP contribution in [-0.2, 0) is 6.42 Å². The van der Waals surface area contributed by atoms with Crippen LogP contribution in [-0.4, -0.2) is 29.3 Å². The normalized spacial score (nSPS) is 11.7. The molecule has 0 saturated heterocycles. The molecular formula is C18H23N3O2. The van der Waals surface area contributed by atoms with Gasteiger partial charge in [-0.2, -0.15) is 0 Å². The van der Waals surface area contributed by atoms with E-state index < -0.39 is 0 Å². The summed E-state index contributed by atoms with van der Waals surface area (Å²) in [5.74, 6) is 0. The van der Waals surface area contributed by atoms with E-state index in [1.807, 2.05) is 42.5 Å². The van der Waals surface area contributed by atoms with E-state index in [2.05, 4.69) is 15.6 Å². The molecule has 0 aliphatic rings. The maximum atomic E-state index is 12.1. The van der Waals surface area contributed by atoms with Gasteiger partial charge >= 0.3 is 6.03 Å². The number of hydrogen-bond donors (Lipinski definition) is 3. The van der Waals surface area contributed by atoms with Crippen LogP contribution in [0, 0.1) is 0 Å². The second-order valence-electron chi connectivity index (χ2n) is 5.34. The van der Waals surface area contributed by atoms with E-state index in [1.165, 1.54) is 0 Å². The first-order valence-electron chi connectivity index (χ1n) is 7.88. The lowest BCUT2D eigenvalue weighted by Gasteiger charge is -2.19. The summed E-state index contributed by atoms with van der Waals surface area (Å²) in [5, 5.41) is 14.9. The van der Waals surface area contributed by atoms with Gasteiger partial charge in [0, 0.05) is 25.5 Å². The van der Waals surface area contributed by atoms with Crippen molar-refractivity contribution < 1.29 is 9.90 Å². The highest BCUT2D eigenvalue weighted by atomic mass is 16.3. The highest BCUT2D eigenvalue weighted by Gasteiger charge is 2.13. The van der Waals surface area contributed by atoms with E-state index in [9.17, 15) is 4.79 Å². The lowest BCUT2D eigenvalue weighted by Crippen LogP contribution is -2.39. The van der Waals surface area contributed by atoms with Crippen molar-refractivity contribution in [3.8, 4) is 0 Å². The fourth-order valence-electron chi connectivity index (χ4n) is 2.38. The van der Waals surface area contributed by atoms with Crippen molar-refractivity contribution in [2.24, 2.45) is 0 Å². The molecule has 122 valence electrons. The minimum atomic E-state index is -0.194. The maximum Gasteiger partial charge on any atom is 0.315 e. The molecule has 0 spiro atoms. The molecule has 0 radical (unpaired) electrons. The Hall–Kier alpha value is -2.40. The predicted molar refractivity (Wildman–Crippen MR) is 90.0 cm³/mol. The molecular weight excluding hydrogens is 290 g/mol. The molecule has 1 heterocycles. The number of carbonyl (C=O) groups excluding carboxylic acids is 1. The first kappa shape index (κ1) is 17.0. The van der Waals surface area contributed by atoms with Gasteiger partial charge in [-0.1, -0.05) is 36.4 Å². The largest absolute Gasteiger partial charge is 0.396 e. The van der Waals surface area contributed by atoms with E-state index in [4.69, 9.17) is 5.11 Å². The van der Waals surface area contributed by atoms with Gasteiger partial charge in [-0.15, -0.1) is 0 Å². The molecule has 2 amide bonds. The molecule has 23 heavy (non-hydrogen) atoms. The maximum absolute atomic E-state index is 12.1. The number of carbonyl (C=O) groups is 1. The molecule has 1 aromatic carbocycles. The number of rotatable bonds is 8. The van der Waals surface area contributed by atoms with E-state index in [-0.39, 0.29) is 18.7 Å². The number of aliphatic hydroxyl groups is 1. The molecule has 5 nitrogen and oxygen atoms in total. The number of aromatic nitrogens is 1. The molecule has 0 saturated carbocycles. The number of urea groups is 1. The van der Waals surface area contributed by atoms with Gasteiger partial charge in [-0.05, 0) is 36.5 Å². The Balaban J connectivity index is 1.82. The van der Waals surface area contributed by atoms with Crippen LogP contribution in [0.3, 0.4) is 0 Å². The number of pyridine rings is 1. The van der Waals surface area contributed by atoms with Crippen molar-refractivity contribution in [1.82, 2.24) is 15.6 Å². The van der Waals surface area contributed by atoms with E-state index in [0.29, 0.717) is 19.4 Å². The summed E-state index contributed by atoms with van der Waals surface area (Å²) in [5.41, 5.74) is 2.14. The van der Waals surface area contributed by atoms with Crippen LogP contribution in [0.5, 0.6) is 0 Å². The van der Waals surface area contributed by atoms with E-state index in [1.54, 1.807) is 12.4 Å². The van der Waals surface area contributed by atoms with Gasteiger partial charge in [0.15, 0.2) is 0 Å². The second kappa shape index (κ2) is 9.58. The average molecular weight is 313 g/mol. The molecule has 0 aliphatic carbocycles. The van der Waals surface area contributed by atoms with Crippen molar-refractivity contribution in [3.05, 3.63) is 66.0 Å². The molecule has 1 unspecified atom stereocenters. The molecule has 0 fully saturated rings. The Labute approximate surface area is 136 Å². The van der Waals surface area contributed by atoms with Crippen molar-refractivity contribution in [2.75, 3.05) is 13.2 Å². The number of nitrogens with zero attached hydrogens (tertiary/aromatic N) is 1. The van der Waals surface area contributed by atoms with Gasteiger partial charge in [0.05, 0.1) is 6.04 Å². The molecule has 5 heteroatoms. The lowest BCUT2D eigenvalue weighted by atomic mass is 10.0. The number of amides is 2. The van der Waals surface area contributed by atoms with Crippen LogP contribution < -0.4 is 10.6 Å². The minimum Gasteiger partial charge on any atom is -0.396 e. The first-order chi connectivity index (χ1) is 11.3. The smallest absolute Gasteiger partial charge is 0.315 e. The third kappa shape index (κ3) is 6.08. The molecule has 1 aromatic heterocycles. The SMILES string of the molecule is O=C(NCCc1cccnc1)NC(CCCO)c1ccccc1. The molecule has 3 N–H and O–H groups in total. The van der Waals surface area contributed by atoms with Crippen molar-refractivity contribution >= 4 is 6.03 Å². The highest BCUT2D eigenvalue weighted by molar-refractivity contribution is 5.74. The van der Waals surface area contributed by atoms with Gasteiger partial charge in [-0.25, -0.2) is 4.79 Å². The summed E-state index contributed by atoms with van der Waals surface area (Å²) in [6, 6.07) is 13.4. The van der Waals surface area contributed by atoms with Crippen molar-refractivity contribution in [1.29, 1.82) is 0 Å². The number of aliphatic hydroxyl groups excluding tert-OH is 1. The summed E-state index contributed by atoms with van der Waals surface area (Å²) in [6.45, 7) is 0.673. The van der Waals surface area contributed by atoms with Gasteiger partial charge in [-0.3, -0.25) is 4.98 Å². The van der Waals surface area contributed by atoms with Crippen molar-refractivity contribution in [3.63, 3.8) is 0 Å². The van der Waals surface area contributed by atoms with Crippen LogP contribution in [0.15, 0.2) is 54.9 Å². The number of hydrogen-bond acceptors (Lipinski definition) is 3. The van der Waals surface area contributed by atoms with Crippen LogP contribution in [0.1, 0.15) is 30.0 Å². The second-order valence-corrected chi connectivity index (χ2v) is 5.34. The number of benzene rings is 1. The topological polar surface area (TPSA) is 74.2 Å². The predicted octanol–water partition coefficient (Wildman–Crippen LogP) is 2.44. The standard InChI is InChI=1S/C18H23N3O2/c22-13-5-9-17(16-7-2-1-3-8-16)21-18(23)20-12-10-15-6-4-11-19-14-15/h1-4,6-8,11,14,17,22H,5,9-10,12-13H2,(H2,20,21,23). The summed E-state index contributed by atoms with van der Waals surface area (Å²) >= 11 is 0. The molecule has 0 aliphatic heterocycles. The van der Waals surface area contributed by atoms with E-state index >= 15 is 0 Å². The Bertz CT molecular complexity index is 575. The zero-order valence-corrected chi connectivity index (χ0v) is 13.1. The fraction of sp³-hybridized carbons (Fsp3) is 0.333. The van der Waals surface area contributed by atoms with Gasteiger partial charge < -0.3 is 15.7 Å². The summed E-state index contributed by atoms with van der Waals surface area (Å²) in [7, 11) is 0. The van der Waals surface area contributed by atoms with Crippen LogP contribution in [0.4, 0.5) is 4.79 Å². The number of nitrogens with one attached hydrogen (secondary N) is 2. The monoisotopic (exact) mass is 313 g/mol. The molecule has 1 atom stereocenters. The Kier molecular flexibility index (Phi) is 7.07. The molecule has 2 rings (SSSR count). The third-order valence-corrected chi connectivity index (χ3v) is 3.58. The zero-order chi connectivity index (χ0) is 16.3. The van der Waals surface area contributed by atoms with Gasteiger partial charge in [0.25, 0.3) is 0 Å². The lowest BCUT2D eigenvalue weighted by molar-refractivity contribution is 0.233. The molecule has 0 bridgehead atoms. The van der Waals surface area contributed by atoms with Crippen molar-refractivity contribution in [2.45, 2.75) is 25.3 Å². The third-order valence-electron chi connectivity index (χ3n) is 3.58. The van der Waals surface area contributed by atoms with Gasteiger partial charge in [0.2, 0.25) is 0 Å². The quantitative estimate of drug-likeness (QED) is 0.701. The summed E-state index contributed by atoms with van der Waals surface area (Å²) in [6.07, 6.45) is 5.63. The van der Waals surface area contributed by atoms with Crippen LogP contribution in [0.25, 0.3) is 0 Å². The summed E-state index contributed by atoms with van der Waals surface area (Å²) < 4.78 is 0. The molecule has 2 aromatic rings. The van der Waals surface area contributed by atoms with E-state index in [0.717, 1.165) is 17.5 Å². The van der Waals surface area contributed by atoms with Crippen LogP contribution in [0.2, 0.25) is 0 Å². The fourth-order valence-corrected chi connectivity index (χ4v) is 2.38. The highest BCUT2D eigenvalue weighted by Crippen LogP contribution is 2.17. The van der Waals surface area contributed by atoms with Crippen LogP contribution >= 0.6 is 0 Å². The Morgan fingerprint density at radius 1 is 1.17 bits per heavy atom. The zero-order valence-electron chi connectivity index (χ0n) is 13.1. The minimum absolute atomic E-state index is 0.0956. The first-order valence-corrected chi connectivity index (χ1v) is 7.88. The Morgan fingerprint density at radius 3 is 2.70 bits per heavy atom. The van der Waals surface area contributed by atoms with Gasteiger partial charge in [0.1, 0.15) is 0 Å². The Morgan fingerprint density at radius 2 is 2.00 bits per heavy atom. The average Bonchev–Trinajstić information content (AvgIpc) is 2.60.